The summed E-state index contributed by atoms with van der Waals surface area (Å²) in [5.41, 5.74) is 4.73. The van der Waals surface area contributed by atoms with E-state index in [0.29, 0.717) is 5.92 Å². The molecule has 0 aliphatic heterocycles. The molecule has 3 rings (SSSR count). The van der Waals surface area contributed by atoms with E-state index in [1.807, 2.05) is 30.3 Å². The Hall–Kier alpha value is -1.86. The molecule has 0 amide bonds. The molecular weight excluding hydrogens is 256 g/mol. The summed E-state index contributed by atoms with van der Waals surface area (Å²) in [5, 5.41) is -0.404. The molecule has 1 atom stereocenters. The van der Waals surface area contributed by atoms with Crippen LogP contribution in [0.4, 0.5) is 0 Å². The van der Waals surface area contributed by atoms with E-state index >= 15 is 0 Å². The Morgan fingerprint density at radius 2 is 1.74 bits per heavy atom. The summed E-state index contributed by atoms with van der Waals surface area (Å²) >= 11 is 5.50. The van der Waals surface area contributed by atoms with Crippen molar-refractivity contribution in [3.8, 4) is 0 Å². The van der Waals surface area contributed by atoms with Gasteiger partial charge in [0.25, 0.3) is 0 Å². The molecule has 0 saturated heterocycles. The third-order valence-corrected chi connectivity index (χ3v) is 3.70. The Morgan fingerprint density at radius 1 is 1.05 bits per heavy atom. The zero-order chi connectivity index (χ0) is 13.2. The molecule has 0 spiro atoms. The van der Waals surface area contributed by atoms with E-state index in [-0.39, 0.29) is 0 Å². The van der Waals surface area contributed by atoms with E-state index in [1.165, 1.54) is 11.1 Å². The molecule has 0 bridgehead atoms. The first-order valence-corrected chi connectivity index (χ1v) is 6.68. The first-order valence-electron chi connectivity index (χ1n) is 6.30. The first-order chi connectivity index (χ1) is 9.25. The molecule has 0 radical (unpaired) electrons. The fourth-order valence-corrected chi connectivity index (χ4v) is 2.92. The van der Waals surface area contributed by atoms with Crippen LogP contribution in [0.1, 0.15) is 29.0 Å². The van der Waals surface area contributed by atoms with Crippen molar-refractivity contribution in [1.29, 1.82) is 0 Å². The predicted octanol–water partition coefficient (Wildman–Crippen LogP) is 4.37. The maximum Gasteiger partial charge on any atom is 0.245 e. The van der Waals surface area contributed by atoms with Gasteiger partial charge in [-0.1, -0.05) is 54.6 Å². The van der Waals surface area contributed by atoms with Gasteiger partial charge in [-0.3, -0.25) is 4.79 Å². The summed E-state index contributed by atoms with van der Waals surface area (Å²) in [6.45, 7) is 0. The average Bonchev–Trinajstić information content (AvgIpc) is 2.78. The Labute approximate surface area is 117 Å². The summed E-state index contributed by atoms with van der Waals surface area (Å²) < 4.78 is 0. The van der Waals surface area contributed by atoms with Crippen molar-refractivity contribution in [3.63, 3.8) is 0 Å². The molecule has 2 heteroatoms. The van der Waals surface area contributed by atoms with Crippen molar-refractivity contribution in [2.75, 3.05) is 0 Å². The van der Waals surface area contributed by atoms with Crippen LogP contribution in [0.3, 0.4) is 0 Å². The minimum atomic E-state index is -0.404. The largest absolute Gasteiger partial charge is 0.276 e. The van der Waals surface area contributed by atoms with Gasteiger partial charge in [-0.25, -0.2) is 0 Å². The van der Waals surface area contributed by atoms with Crippen molar-refractivity contribution in [2.24, 2.45) is 0 Å². The molecule has 1 aliphatic carbocycles. The van der Waals surface area contributed by atoms with E-state index in [2.05, 4.69) is 24.3 Å². The molecule has 0 saturated carbocycles. The number of allylic oxidation sites excluding steroid dienone is 2. The number of carbonyl (C=O) groups is 1. The number of halogens is 1. The van der Waals surface area contributed by atoms with Crippen LogP contribution in [0.25, 0.3) is 5.57 Å². The van der Waals surface area contributed by atoms with Crippen LogP contribution in [0.15, 0.2) is 60.7 Å². The molecule has 1 aliphatic rings. The van der Waals surface area contributed by atoms with Crippen molar-refractivity contribution in [1.82, 2.24) is 0 Å². The van der Waals surface area contributed by atoms with E-state index in [1.54, 1.807) is 6.08 Å². The second-order valence-electron chi connectivity index (χ2n) is 4.73. The van der Waals surface area contributed by atoms with Crippen molar-refractivity contribution in [2.45, 2.75) is 12.3 Å². The van der Waals surface area contributed by atoms with E-state index in [9.17, 15) is 4.79 Å². The third kappa shape index (κ3) is 2.34. The van der Waals surface area contributed by atoms with Gasteiger partial charge in [-0.05, 0) is 40.3 Å². The van der Waals surface area contributed by atoms with Crippen LogP contribution in [0.5, 0.6) is 0 Å². The van der Waals surface area contributed by atoms with Crippen molar-refractivity contribution >= 4 is 22.4 Å². The standard InChI is InChI=1S/C17H13ClO/c18-17(19)11-13-10-16(12-6-2-1-3-7-12)15-9-5-4-8-14(13)15/h1-9,11,16H,10H2. The average molecular weight is 269 g/mol. The maximum atomic E-state index is 11.1. The normalized spacial score (nSPS) is 19.4. The van der Waals surface area contributed by atoms with Gasteiger partial charge >= 0.3 is 0 Å². The van der Waals surface area contributed by atoms with Gasteiger partial charge in [-0.15, -0.1) is 0 Å². The maximum absolute atomic E-state index is 11.1. The summed E-state index contributed by atoms with van der Waals surface area (Å²) in [6, 6.07) is 18.6. The highest BCUT2D eigenvalue weighted by Gasteiger charge is 2.27. The number of hydrogen-bond acceptors (Lipinski definition) is 1. The second kappa shape index (κ2) is 5.02. The van der Waals surface area contributed by atoms with Gasteiger partial charge in [0, 0.05) is 12.0 Å². The Kier molecular flexibility index (Phi) is 3.22. The topological polar surface area (TPSA) is 17.1 Å². The van der Waals surface area contributed by atoms with Crippen LogP contribution in [-0.4, -0.2) is 5.24 Å². The van der Waals surface area contributed by atoms with Crippen LogP contribution >= 0.6 is 11.6 Å². The van der Waals surface area contributed by atoms with Gasteiger partial charge in [0.15, 0.2) is 0 Å². The lowest BCUT2D eigenvalue weighted by Gasteiger charge is -2.11. The predicted molar refractivity (Wildman–Crippen MR) is 78.2 cm³/mol. The molecule has 0 fully saturated rings. The lowest BCUT2D eigenvalue weighted by atomic mass is 9.93. The highest BCUT2D eigenvalue weighted by molar-refractivity contribution is 6.67. The molecule has 2 aromatic carbocycles. The van der Waals surface area contributed by atoms with Gasteiger partial charge in [0.2, 0.25) is 5.24 Å². The van der Waals surface area contributed by atoms with Crippen LogP contribution in [-0.2, 0) is 4.79 Å². The van der Waals surface area contributed by atoms with Crippen LogP contribution in [0.2, 0.25) is 0 Å². The van der Waals surface area contributed by atoms with E-state index < -0.39 is 5.24 Å². The summed E-state index contributed by atoms with van der Waals surface area (Å²) in [5.74, 6) is 0.319. The lowest BCUT2D eigenvalue weighted by Crippen LogP contribution is -1.94. The summed E-state index contributed by atoms with van der Waals surface area (Å²) in [7, 11) is 0. The van der Waals surface area contributed by atoms with Gasteiger partial charge in [0.05, 0.1) is 0 Å². The molecular formula is C17H13ClO. The zero-order valence-electron chi connectivity index (χ0n) is 10.3. The number of fused-ring (bicyclic) bond motifs is 1. The van der Waals surface area contributed by atoms with E-state index in [0.717, 1.165) is 17.6 Å². The molecule has 19 heavy (non-hydrogen) atoms. The molecule has 94 valence electrons. The monoisotopic (exact) mass is 268 g/mol. The first kappa shape index (κ1) is 12.2. The SMILES string of the molecule is O=C(Cl)C=C1CC(c2ccccc2)c2ccccc21. The summed E-state index contributed by atoms with van der Waals surface area (Å²) in [4.78, 5) is 11.1. The summed E-state index contributed by atoms with van der Waals surface area (Å²) in [6.07, 6.45) is 2.38. The minimum absolute atomic E-state index is 0.319. The molecule has 0 aromatic heterocycles. The Bertz CT molecular complexity index is 643. The van der Waals surface area contributed by atoms with Gasteiger partial charge < -0.3 is 0 Å². The lowest BCUT2D eigenvalue weighted by molar-refractivity contribution is -0.107. The van der Waals surface area contributed by atoms with Gasteiger partial charge in [0.1, 0.15) is 0 Å². The van der Waals surface area contributed by atoms with Crippen molar-refractivity contribution in [3.05, 3.63) is 77.4 Å². The smallest absolute Gasteiger partial charge is 0.245 e. The van der Waals surface area contributed by atoms with Crippen molar-refractivity contribution < 1.29 is 4.79 Å². The molecule has 0 heterocycles. The molecule has 0 N–H and O–H groups in total. The minimum Gasteiger partial charge on any atom is -0.276 e. The fourth-order valence-electron chi connectivity index (χ4n) is 2.79. The number of rotatable bonds is 2. The van der Waals surface area contributed by atoms with E-state index in [4.69, 9.17) is 11.6 Å². The number of carbonyl (C=O) groups excluding carboxylic acids is 1. The zero-order valence-corrected chi connectivity index (χ0v) is 11.1. The van der Waals surface area contributed by atoms with Gasteiger partial charge in [-0.2, -0.15) is 0 Å². The Morgan fingerprint density at radius 3 is 2.47 bits per heavy atom. The molecule has 1 nitrogen and oxygen atoms in total. The molecule has 2 aromatic rings. The highest BCUT2D eigenvalue weighted by Crippen LogP contribution is 2.44. The Balaban J connectivity index is 2.09. The third-order valence-electron chi connectivity index (χ3n) is 3.60. The second-order valence-corrected chi connectivity index (χ2v) is 5.10. The highest BCUT2D eigenvalue weighted by atomic mass is 35.5. The number of benzene rings is 2. The fraction of sp³-hybridized carbons (Fsp3) is 0.118. The quantitative estimate of drug-likeness (QED) is 0.584. The van der Waals surface area contributed by atoms with Crippen LogP contribution < -0.4 is 0 Å². The molecule has 1 unspecified atom stereocenters. The van der Waals surface area contributed by atoms with Crippen LogP contribution in [0, 0.1) is 0 Å². The number of hydrogen-bond donors (Lipinski definition) is 0.